The van der Waals surface area contributed by atoms with Crippen LogP contribution in [0.4, 0.5) is 0 Å². The molecule has 3 heteroatoms. The van der Waals surface area contributed by atoms with Crippen molar-refractivity contribution in [2.45, 2.75) is 4.21 Å². The lowest BCUT2D eigenvalue weighted by Crippen LogP contribution is -1.46. The molecule has 0 atom stereocenters. The van der Waals surface area contributed by atoms with Crippen molar-refractivity contribution in [1.82, 2.24) is 0 Å². The van der Waals surface area contributed by atoms with Gasteiger partial charge in [-0.05, 0) is 18.4 Å². The molecule has 0 fully saturated rings. The second-order valence-corrected chi connectivity index (χ2v) is 4.08. The third kappa shape index (κ3) is 1.41. The Morgan fingerprint density at radius 2 is 2.38 bits per heavy atom. The molecule has 0 aliphatic rings. The van der Waals surface area contributed by atoms with E-state index in [0.29, 0.717) is 0 Å². The number of hydrogen-bond donors (Lipinski definition) is 0. The number of halogens is 1. The first kappa shape index (κ1) is 6.46. The molecule has 0 saturated carbocycles. The van der Waals surface area contributed by atoms with Crippen molar-refractivity contribution in [2.75, 3.05) is 6.26 Å². The summed E-state index contributed by atoms with van der Waals surface area (Å²) >= 11 is 8.98. The summed E-state index contributed by atoms with van der Waals surface area (Å²) < 4.78 is 2.14. The summed E-state index contributed by atoms with van der Waals surface area (Å²) in [6, 6.07) is 3.94. The van der Waals surface area contributed by atoms with E-state index < -0.39 is 0 Å². The van der Waals surface area contributed by atoms with Crippen LogP contribution in [0.1, 0.15) is 0 Å². The van der Waals surface area contributed by atoms with Gasteiger partial charge in [0.2, 0.25) is 0 Å². The van der Waals surface area contributed by atoms with Gasteiger partial charge in [-0.3, -0.25) is 0 Å². The van der Waals surface area contributed by atoms with Crippen LogP contribution in [0.3, 0.4) is 0 Å². The van der Waals surface area contributed by atoms with E-state index in [1.54, 1.807) is 23.1 Å². The fourth-order valence-corrected chi connectivity index (χ4v) is 2.13. The fraction of sp³-hybridized carbons (Fsp3) is 0.200. The van der Waals surface area contributed by atoms with Crippen LogP contribution in [0.15, 0.2) is 16.3 Å². The van der Waals surface area contributed by atoms with Crippen LogP contribution in [-0.4, -0.2) is 6.26 Å². The molecule has 0 saturated heterocycles. The summed E-state index contributed by atoms with van der Waals surface area (Å²) in [7, 11) is 0. The average Bonchev–Trinajstić information content (AvgIpc) is 2.14. The molecule has 0 bridgehead atoms. The summed E-state index contributed by atoms with van der Waals surface area (Å²) in [5.41, 5.74) is 0. The van der Waals surface area contributed by atoms with Gasteiger partial charge in [0.15, 0.2) is 0 Å². The lowest BCUT2D eigenvalue weighted by atomic mass is 10.7. The maximum absolute atomic E-state index is 5.64. The van der Waals surface area contributed by atoms with Crippen LogP contribution in [-0.2, 0) is 0 Å². The summed E-state index contributed by atoms with van der Waals surface area (Å²) in [6.07, 6.45) is 2.04. The van der Waals surface area contributed by atoms with Crippen molar-refractivity contribution < 1.29 is 0 Å². The number of hydrogen-bond acceptors (Lipinski definition) is 2. The predicted octanol–water partition coefficient (Wildman–Crippen LogP) is 3.12. The topological polar surface area (TPSA) is 0 Å². The maximum Gasteiger partial charge on any atom is 0.0940 e. The van der Waals surface area contributed by atoms with Crippen LogP contribution >= 0.6 is 34.7 Å². The van der Waals surface area contributed by atoms with E-state index >= 15 is 0 Å². The molecule has 0 nitrogen and oxygen atoms in total. The van der Waals surface area contributed by atoms with Gasteiger partial charge < -0.3 is 0 Å². The van der Waals surface area contributed by atoms with Gasteiger partial charge in [-0.1, -0.05) is 11.6 Å². The van der Waals surface area contributed by atoms with E-state index in [1.807, 2.05) is 18.4 Å². The zero-order valence-corrected chi connectivity index (χ0v) is 6.74. The summed E-state index contributed by atoms with van der Waals surface area (Å²) in [5, 5.41) is 0. The molecule has 8 heavy (non-hydrogen) atoms. The normalized spacial score (nSPS) is 9.75. The van der Waals surface area contributed by atoms with E-state index in [2.05, 4.69) is 0 Å². The second-order valence-electron chi connectivity index (χ2n) is 1.26. The van der Waals surface area contributed by atoms with Crippen molar-refractivity contribution in [3.8, 4) is 0 Å². The molecular weight excluding hydrogens is 160 g/mol. The highest BCUT2D eigenvalue weighted by Crippen LogP contribution is 2.28. The molecule has 1 aromatic heterocycles. The minimum Gasteiger partial charge on any atom is -0.119 e. The summed E-state index contributed by atoms with van der Waals surface area (Å²) in [6.45, 7) is 0. The highest BCUT2D eigenvalue weighted by atomic mass is 35.5. The number of thioether (sulfide) groups is 1. The highest BCUT2D eigenvalue weighted by molar-refractivity contribution is 8.00. The van der Waals surface area contributed by atoms with E-state index in [0.717, 1.165) is 4.34 Å². The molecular formula is C5H5ClS2. The van der Waals surface area contributed by atoms with Crippen molar-refractivity contribution in [2.24, 2.45) is 0 Å². The Bertz CT molecular complexity index is 171. The van der Waals surface area contributed by atoms with Crippen molar-refractivity contribution in [3.63, 3.8) is 0 Å². The molecule has 0 spiro atoms. The molecule has 0 unspecified atom stereocenters. The summed E-state index contributed by atoms with van der Waals surface area (Å²) in [4.78, 5) is 0. The first-order chi connectivity index (χ1) is 3.83. The Kier molecular flexibility index (Phi) is 2.23. The van der Waals surface area contributed by atoms with Gasteiger partial charge in [-0.15, -0.1) is 23.1 Å². The first-order valence-electron chi connectivity index (χ1n) is 2.12. The van der Waals surface area contributed by atoms with Crippen molar-refractivity contribution >= 4 is 34.7 Å². The molecule has 0 radical (unpaired) electrons. The average molecular weight is 165 g/mol. The molecule has 1 aromatic rings. The molecule has 0 N–H and O–H groups in total. The van der Waals surface area contributed by atoms with Gasteiger partial charge in [0, 0.05) is 0 Å². The summed E-state index contributed by atoms with van der Waals surface area (Å²) in [5.74, 6) is 0. The van der Waals surface area contributed by atoms with Crippen LogP contribution in [0.5, 0.6) is 0 Å². The van der Waals surface area contributed by atoms with Gasteiger partial charge in [0.05, 0.1) is 8.55 Å². The van der Waals surface area contributed by atoms with E-state index in [1.165, 1.54) is 4.21 Å². The van der Waals surface area contributed by atoms with Gasteiger partial charge in [-0.2, -0.15) is 0 Å². The predicted molar refractivity (Wildman–Crippen MR) is 41.1 cm³/mol. The Balaban J connectivity index is 2.84. The van der Waals surface area contributed by atoms with Gasteiger partial charge >= 0.3 is 0 Å². The largest absolute Gasteiger partial charge is 0.119 e. The third-order valence-electron chi connectivity index (χ3n) is 0.750. The SMILES string of the molecule is CSc1ccc(Cl)s1. The van der Waals surface area contributed by atoms with Crippen LogP contribution in [0.25, 0.3) is 0 Å². The molecule has 0 aliphatic heterocycles. The maximum atomic E-state index is 5.64. The van der Waals surface area contributed by atoms with Crippen LogP contribution in [0.2, 0.25) is 4.34 Å². The van der Waals surface area contributed by atoms with E-state index in [4.69, 9.17) is 11.6 Å². The number of rotatable bonds is 1. The molecule has 0 aliphatic carbocycles. The minimum absolute atomic E-state index is 0.870. The van der Waals surface area contributed by atoms with Gasteiger partial charge in [0.25, 0.3) is 0 Å². The third-order valence-corrected chi connectivity index (χ3v) is 3.06. The standard InChI is InChI=1S/C5H5ClS2/c1-7-5-3-2-4(6)8-5/h2-3H,1H3. The minimum atomic E-state index is 0.870. The van der Waals surface area contributed by atoms with E-state index in [9.17, 15) is 0 Å². The van der Waals surface area contributed by atoms with Crippen molar-refractivity contribution in [3.05, 3.63) is 16.5 Å². The smallest absolute Gasteiger partial charge is 0.0940 e. The molecule has 44 valence electrons. The quantitative estimate of drug-likeness (QED) is 0.575. The lowest BCUT2D eigenvalue weighted by Gasteiger charge is -1.79. The fourth-order valence-electron chi connectivity index (χ4n) is 0.407. The Morgan fingerprint density at radius 1 is 1.62 bits per heavy atom. The monoisotopic (exact) mass is 164 g/mol. The molecule has 0 amide bonds. The highest BCUT2D eigenvalue weighted by Gasteiger charge is 1.92. The van der Waals surface area contributed by atoms with Gasteiger partial charge in [0.1, 0.15) is 0 Å². The van der Waals surface area contributed by atoms with Crippen molar-refractivity contribution in [1.29, 1.82) is 0 Å². The lowest BCUT2D eigenvalue weighted by molar-refractivity contribution is 1.75. The molecule has 1 heterocycles. The van der Waals surface area contributed by atoms with E-state index in [-0.39, 0.29) is 0 Å². The zero-order valence-electron chi connectivity index (χ0n) is 4.35. The first-order valence-corrected chi connectivity index (χ1v) is 4.54. The van der Waals surface area contributed by atoms with Gasteiger partial charge in [-0.25, -0.2) is 0 Å². The Morgan fingerprint density at radius 3 is 2.62 bits per heavy atom. The second kappa shape index (κ2) is 2.76. The Hall–Kier alpha value is 0.340. The zero-order chi connectivity index (χ0) is 5.98. The molecule has 0 aromatic carbocycles. The van der Waals surface area contributed by atoms with Crippen LogP contribution < -0.4 is 0 Å². The number of thiophene rings is 1. The Labute approximate surface area is 61.9 Å². The molecule has 1 rings (SSSR count). The van der Waals surface area contributed by atoms with Crippen LogP contribution in [0, 0.1) is 0 Å².